The van der Waals surface area contributed by atoms with E-state index in [1.807, 2.05) is 13.0 Å². The van der Waals surface area contributed by atoms with Gasteiger partial charge in [-0.05, 0) is 38.6 Å². The van der Waals surface area contributed by atoms with E-state index in [-0.39, 0.29) is 0 Å². The first-order valence-electron chi connectivity index (χ1n) is 7.08. The zero-order valence-electron chi connectivity index (χ0n) is 12.3. The number of nitrogens with zero attached hydrogens (tertiary/aromatic N) is 2. The average Bonchev–Trinajstić information content (AvgIpc) is 2.40. The van der Waals surface area contributed by atoms with E-state index in [1.165, 1.54) is 0 Å². The Morgan fingerprint density at radius 3 is 2.89 bits per heavy atom. The molecule has 1 heterocycles. The van der Waals surface area contributed by atoms with E-state index in [1.54, 1.807) is 0 Å². The Bertz CT molecular complexity index is 370. The smallest absolute Gasteiger partial charge is 0.226 e. The van der Waals surface area contributed by atoms with E-state index in [4.69, 9.17) is 10.5 Å². The maximum Gasteiger partial charge on any atom is 0.226 e. The van der Waals surface area contributed by atoms with Crippen LogP contribution < -0.4 is 15.8 Å². The summed E-state index contributed by atoms with van der Waals surface area (Å²) in [6.45, 7) is 8.48. The van der Waals surface area contributed by atoms with E-state index >= 15 is 0 Å². The number of aromatic nitrogens is 2. The summed E-state index contributed by atoms with van der Waals surface area (Å²) in [5.41, 5.74) is 6.51. The van der Waals surface area contributed by atoms with Crippen molar-refractivity contribution in [2.24, 2.45) is 11.7 Å². The highest BCUT2D eigenvalue weighted by atomic mass is 16.5. The summed E-state index contributed by atoms with van der Waals surface area (Å²) in [6, 6.07) is 1.86. The summed E-state index contributed by atoms with van der Waals surface area (Å²) >= 11 is 0. The van der Waals surface area contributed by atoms with Crippen molar-refractivity contribution >= 4 is 5.95 Å². The minimum absolute atomic E-state index is 0.573. The number of rotatable bonds is 9. The minimum atomic E-state index is 0.573. The van der Waals surface area contributed by atoms with E-state index < -0.39 is 0 Å². The first-order valence-corrected chi connectivity index (χ1v) is 7.08. The van der Waals surface area contributed by atoms with Crippen LogP contribution in [0.5, 0.6) is 5.88 Å². The molecule has 0 aliphatic heterocycles. The Balaban J connectivity index is 2.42. The maximum atomic E-state index is 5.59. The fourth-order valence-electron chi connectivity index (χ4n) is 1.67. The van der Waals surface area contributed by atoms with Crippen molar-refractivity contribution in [2.75, 3.05) is 25.0 Å². The van der Waals surface area contributed by atoms with Gasteiger partial charge in [0.05, 0.1) is 6.61 Å². The molecule has 1 atom stereocenters. The molecule has 0 saturated heterocycles. The number of hydrogen-bond acceptors (Lipinski definition) is 5. The Kier molecular flexibility index (Phi) is 7.18. The zero-order chi connectivity index (χ0) is 14.1. The van der Waals surface area contributed by atoms with E-state index in [0.717, 1.165) is 38.0 Å². The van der Waals surface area contributed by atoms with Crippen molar-refractivity contribution < 1.29 is 4.74 Å². The van der Waals surface area contributed by atoms with Crippen LogP contribution in [0.2, 0.25) is 0 Å². The van der Waals surface area contributed by atoms with Crippen LogP contribution in [0.4, 0.5) is 5.95 Å². The lowest BCUT2D eigenvalue weighted by Gasteiger charge is -2.10. The third kappa shape index (κ3) is 6.38. The number of nitrogens with one attached hydrogen (secondary N) is 1. The van der Waals surface area contributed by atoms with Gasteiger partial charge in [-0.15, -0.1) is 0 Å². The van der Waals surface area contributed by atoms with Crippen molar-refractivity contribution in [3.63, 3.8) is 0 Å². The Hall–Kier alpha value is -1.36. The normalized spacial score (nSPS) is 12.2. The van der Waals surface area contributed by atoms with Gasteiger partial charge >= 0.3 is 0 Å². The molecule has 1 aromatic heterocycles. The van der Waals surface area contributed by atoms with Crippen molar-refractivity contribution in [1.29, 1.82) is 0 Å². The Labute approximate surface area is 116 Å². The summed E-state index contributed by atoms with van der Waals surface area (Å²) in [5, 5.41) is 3.24. The van der Waals surface area contributed by atoms with Crippen molar-refractivity contribution in [1.82, 2.24) is 9.97 Å². The van der Waals surface area contributed by atoms with Gasteiger partial charge < -0.3 is 15.8 Å². The molecular formula is C14H26N4O. The second-order valence-electron chi connectivity index (χ2n) is 4.93. The van der Waals surface area contributed by atoms with Crippen LogP contribution >= 0.6 is 0 Å². The van der Waals surface area contributed by atoms with Crippen LogP contribution in [-0.2, 0) is 0 Å². The molecule has 0 fully saturated rings. The lowest BCUT2D eigenvalue weighted by molar-refractivity contribution is 0.305. The molecule has 5 nitrogen and oxygen atoms in total. The van der Waals surface area contributed by atoms with Gasteiger partial charge in [-0.1, -0.05) is 13.8 Å². The van der Waals surface area contributed by atoms with Gasteiger partial charge in [0, 0.05) is 18.3 Å². The summed E-state index contributed by atoms with van der Waals surface area (Å²) in [6.07, 6.45) is 3.16. The van der Waals surface area contributed by atoms with Gasteiger partial charge in [0.1, 0.15) is 0 Å². The molecule has 0 bridgehead atoms. The van der Waals surface area contributed by atoms with Gasteiger partial charge in [0.2, 0.25) is 11.8 Å². The second-order valence-corrected chi connectivity index (χ2v) is 4.93. The topological polar surface area (TPSA) is 73.1 Å². The van der Waals surface area contributed by atoms with Gasteiger partial charge in [-0.25, -0.2) is 4.98 Å². The number of ether oxygens (including phenoxy) is 1. The largest absolute Gasteiger partial charge is 0.478 e. The number of hydrogen-bond donors (Lipinski definition) is 2. The molecule has 0 radical (unpaired) electrons. The molecule has 1 unspecified atom stereocenters. The Morgan fingerprint density at radius 1 is 1.42 bits per heavy atom. The summed E-state index contributed by atoms with van der Waals surface area (Å²) < 4.78 is 5.53. The van der Waals surface area contributed by atoms with Crippen molar-refractivity contribution in [3.05, 3.63) is 11.8 Å². The summed E-state index contributed by atoms with van der Waals surface area (Å²) in [7, 11) is 0. The zero-order valence-corrected chi connectivity index (χ0v) is 12.3. The van der Waals surface area contributed by atoms with E-state index in [0.29, 0.717) is 24.4 Å². The molecule has 0 saturated carbocycles. The lowest BCUT2D eigenvalue weighted by atomic mass is 10.1. The van der Waals surface area contributed by atoms with Gasteiger partial charge in [-0.3, -0.25) is 0 Å². The average molecular weight is 266 g/mol. The molecule has 19 heavy (non-hydrogen) atoms. The molecule has 108 valence electrons. The monoisotopic (exact) mass is 266 g/mol. The van der Waals surface area contributed by atoms with Gasteiger partial charge in [0.25, 0.3) is 0 Å². The van der Waals surface area contributed by atoms with Gasteiger partial charge in [0.15, 0.2) is 0 Å². The molecule has 5 heteroatoms. The predicted molar refractivity (Wildman–Crippen MR) is 78.5 cm³/mol. The first kappa shape index (κ1) is 15.7. The van der Waals surface area contributed by atoms with Crippen LogP contribution in [0.1, 0.15) is 38.8 Å². The second kappa shape index (κ2) is 8.69. The number of anilines is 1. The van der Waals surface area contributed by atoms with Crippen LogP contribution in [0.15, 0.2) is 6.07 Å². The van der Waals surface area contributed by atoms with E-state index in [9.17, 15) is 0 Å². The number of aryl methyl sites for hydroxylation is 1. The minimum Gasteiger partial charge on any atom is -0.478 e. The molecule has 1 rings (SSSR count). The maximum absolute atomic E-state index is 5.59. The van der Waals surface area contributed by atoms with E-state index in [2.05, 4.69) is 29.1 Å². The molecule has 1 aromatic rings. The van der Waals surface area contributed by atoms with Crippen LogP contribution in [-0.4, -0.2) is 29.7 Å². The van der Waals surface area contributed by atoms with Crippen LogP contribution in [0.3, 0.4) is 0 Å². The molecule has 0 aromatic carbocycles. The third-order valence-corrected chi connectivity index (χ3v) is 2.84. The third-order valence-electron chi connectivity index (χ3n) is 2.84. The van der Waals surface area contributed by atoms with Gasteiger partial charge in [-0.2, -0.15) is 4.98 Å². The summed E-state index contributed by atoms with van der Waals surface area (Å²) in [5.74, 6) is 1.86. The SMILES string of the molecule is CCCOc1cc(C)nc(NCCCC(C)CN)n1. The summed E-state index contributed by atoms with van der Waals surface area (Å²) in [4.78, 5) is 8.69. The molecule has 3 N–H and O–H groups in total. The highest BCUT2D eigenvalue weighted by Crippen LogP contribution is 2.12. The Morgan fingerprint density at radius 2 is 2.21 bits per heavy atom. The van der Waals surface area contributed by atoms with Crippen molar-refractivity contribution in [2.45, 2.75) is 40.0 Å². The number of nitrogens with two attached hydrogens (primary N) is 1. The van der Waals surface area contributed by atoms with Crippen LogP contribution in [0, 0.1) is 12.8 Å². The molecular weight excluding hydrogens is 240 g/mol. The quantitative estimate of drug-likeness (QED) is 0.671. The molecule has 0 amide bonds. The molecule has 0 spiro atoms. The highest BCUT2D eigenvalue weighted by molar-refractivity contribution is 5.30. The standard InChI is InChI=1S/C14H26N4O/c1-4-8-19-13-9-12(3)17-14(18-13)16-7-5-6-11(2)10-15/h9,11H,4-8,10,15H2,1-3H3,(H,16,17,18). The molecule has 0 aliphatic rings. The fraction of sp³-hybridized carbons (Fsp3) is 0.714. The fourth-order valence-corrected chi connectivity index (χ4v) is 1.67. The molecule has 0 aliphatic carbocycles. The lowest BCUT2D eigenvalue weighted by Crippen LogP contribution is -2.13. The van der Waals surface area contributed by atoms with Crippen LogP contribution in [0.25, 0.3) is 0 Å². The first-order chi connectivity index (χ1) is 9.15. The highest BCUT2D eigenvalue weighted by Gasteiger charge is 2.03. The predicted octanol–water partition coefficient (Wildman–Crippen LogP) is 2.36. The van der Waals surface area contributed by atoms with Crippen molar-refractivity contribution in [3.8, 4) is 5.88 Å².